The van der Waals surface area contributed by atoms with Crippen LogP contribution in [0.3, 0.4) is 0 Å². The molecule has 1 amide bonds. The molecule has 0 aliphatic heterocycles. The summed E-state index contributed by atoms with van der Waals surface area (Å²) in [7, 11) is 0. The van der Waals surface area contributed by atoms with Crippen molar-refractivity contribution in [2.24, 2.45) is 16.5 Å². The molecule has 0 rings (SSSR count). The molecule has 0 aliphatic rings. The highest BCUT2D eigenvalue weighted by molar-refractivity contribution is 5.90. The lowest BCUT2D eigenvalue weighted by atomic mass is 10.7. The largest absolute Gasteiger partial charge is 0.370 e. The fraction of sp³-hybridized carbons (Fsp3) is 0.333. The van der Waals surface area contributed by atoms with E-state index in [1.165, 1.54) is 6.92 Å². The highest BCUT2D eigenvalue weighted by atomic mass is 35.5. The summed E-state index contributed by atoms with van der Waals surface area (Å²) in [6.45, 7) is 1.28. The van der Waals surface area contributed by atoms with Gasteiger partial charge in [0.2, 0.25) is 5.91 Å². The van der Waals surface area contributed by atoms with Crippen LogP contribution in [0.1, 0.15) is 6.92 Å². The molecule has 0 heterocycles. The zero-order valence-corrected chi connectivity index (χ0v) is 5.23. The van der Waals surface area contributed by atoms with Crippen LogP contribution in [0.2, 0.25) is 0 Å². The number of guanidine groups is 1. The fourth-order valence-corrected chi connectivity index (χ4v) is 0.182. The molecule has 8 heavy (non-hydrogen) atoms. The molecule has 0 saturated carbocycles. The number of rotatable bonds is 0. The van der Waals surface area contributed by atoms with Gasteiger partial charge in [-0.3, -0.25) is 4.79 Å². The van der Waals surface area contributed by atoms with Crippen molar-refractivity contribution in [1.82, 2.24) is 0 Å². The molecule has 0 unspecified atom stereocenters. The minimum atomic E-state index is -0.375. The number of nitrogens with two attached hydrogens (primary N) is 2. The van der Waals surface area contributed by atoms with E-state index in [9.17, 15) is 4.79 Å². The van der Waals surface area contributed by atoms with Crippen LogP contribution in [0.5, 0.6) is 0 Å². The molecule has 0 atom stereocenters. The Morgan fingerprint density at radius 1 is 1.50 bits per heavy atom. The summed E-state index contributed by atoms with van der Waals surface area (Å²) in [4.78, 5) is 13.0. The lowest BCUT2D eigenvalue weighted by Crippen LogP contribution is -2.23. The van der Waals surface area contributed by atoms with Gasteiger partial charge in [-0.25, -0.2) is 0 Å². The van der Waals surface area contributed by atoms with Gasteiger partial charge in [0.1, 0.15) is 0 Å². The maximum atomic E-state index is 9.91. The third-order valence-corrected chi connectivity index (χ3v) is 0.287. The second-order valence-corrected chi connectivity index (χ2v) is 1.06. The standard InChI is InChI=1S/C3H7N3O.ClH/c1-2(7)6-3(4)5;/h1H3,(H4,4,5,6,7);1H. The zero-order valence-electron chi connectivity index (χ0n) is 4.42. The van der Waals surface area contributed by atoms with Crippen molar-refractivity contribution in [3.63, 3.8) is 0 Å². The van der Waals surface area contributed by atoms with Gasteiger partial charge in [-0.05, 0) is 0 Å². The molecular formula is C3H8ClN3O. The quantitative estimate of drug-likeness (QED) is 0.340. The predicted octanol–water partition coefficient (Wildman–Crippen LogP) is -0.772. The molecule has 0 aromatic heterocycles. The van der Waals surface area contributed by atoms with E-state index in [0.29, 0.717) is 0 Å². The van der Waals surface area contributed by atoms with Gasteiger partial charge in [0, 0.05) is 6.92 Å². The maximum Gasteiger partial charge on any atom is 0.245 e. The normalized spacial score (nSPS) is 6.62. The Morgan fingerprint density at radius 3 is 1.88 bits per heavy atom. The average molecular weight is 138 g/mol. The first-order valence-corrected chi connectivity index (χ1v) is 1.73. The monoisotopic (exact) mass is 137 g/mol. The van der Waals surface area contributed by atoms with Crippen LogP contribution >= 0.6 is 12.4 Å². The van der Waals surface area contributed by atoms with Crippen molar-refractivity contribution in [3.05, 3.63) is 0 Å². The molecule has 0 spiro atoms. The highest BCUT2D eigenvalue weighted by Gasteiger charge is 1.82. The van der Waals surface area contributed by atoms with E-state index in [0.717, 1.165) is 0 Å². The van der Waals surface area contributed by atoms with Crippen LogP contribution in [0.25, 0.3) is 0 Å². The number of hydrogen-bond acceptors (Lipinski definition) is 1. The summed E-state index contributed by atoms with van der Waals surface area (Å²) in [6.07, 6.45) is 0. The molecule has 4 nitrogen and oxygen atoms in total. The molecule has 0 fully saturated rings. The molecule has 48 valence electrons. The van der Waals surface area contributed by atoms with Gasteiger partial charge in [0.25, 0.3) is 0 Å². The topological polar surface area (TPSA) is 81.5 Å². The molecule has 0 aromatic carbocycles. The van der Waals surface area contributed by atoms with Crippen molar-refractivity contribution in [2.75, 3.05) is 0 Å². The molecule has 0 aromatic rings. The Kier molecular flexibility index (Phi) is 5.63. The second kappa shape index (κ2) is 4.39. The van der Waals surface area contributed by atoms with Crippen LogP contribution in [0.15, 0.2) is 4.99 Å². The molecule has 0 aliphatic carbocycles. The van der Waals surface area contributed by atoms with E-state index in [1.54, 1.807) is 0 Å². The van der Waals surface area contributed by atoms with Gasteiger partial charge >= 0.3 is 0 Å². The van der Waals surface area contributed by atoms with Crippen LogP contribution in [-0.2, 0) is 4.79 Å². The van der Waals surface area contributed by atoms with E-state index in [-0.39, 0.29) is 24.3 Å². The number of halogens is 1. The van der Waals surface area contributed by atoms with Crippen molar-refractivity contribution in [3.8, 4) is 0 Å². The van der Waals surface area contributed by atoms with Crippen molar-refractivity contribution >= 4 is 24.3 Å². The van der Waals surface area contributed by atoms with Gasteiger partial charge in [0.05, 0.1) is 0 Å². The molecule has 4 N–H and O–H groups in total. The summed E-state index contributed by atoms with van der Waals surface area (Å²) < 4.78 is 0. The number of amides is 1. The van der Waals surface area contributed by atoms with Crippen LogP contribution in [0.4, 0.5) is 0 Å². The lowest BCUT2D eigenvalue weighted by Gasteiger charge is -1.81. The van der Waals surface area contributed by atoms with Gasteiger partial charge in [-0.2, -0.15) is 4.99 Å². The first-order chi connectivity index (χ1) is 3.13. The van der Waals surface area contributed by atoms with Gasteiger partial charge in [-0.1, -0.05) is 0 Å². The zero-order chi connectivity index (χ0) is 5.86. The van der Waals surface area contributed by atoms with E-state index >= 15 is 0 Å². The van der Waals surface area contributed by atoms with E-state index in [4.69, 9.17) is 11.5 Å². The molecule has 5 heteroatoms. The van der Waals surface area contributed by atoms with Crippen molar-refractivity contribution < 1.29 is 4.79 Å². The van der Waals surface area contributed by atoms with Gasteiger partial charge in [-0.15, -0.1) is 12.4 Å². The third kappa shape index (κ3) is 8.97. The predicted molar refractivity (Wildman–Crippen MR) is 33.7 cm³/mol. The third-order valence-electron chi connectivity index (χ3n) is 0.287. The molecular weight excluding hydrogens is 130 g/mol. The Labute approximate surface area is 53.4 Å². The van der Waals surface area contributed by atoms with Crippen molar-refractivity contribution in [1.29, 1.82) is 0 Å². The number of aliphatic imine (C=N–C) groups is 1. The highest BCUT2D eigenvalue weighted by Crippen LogP contribution is 1.64. The summed E-state index contributed by atoms with van der Waals surface area (Å²) in [6, 6.07) is 0. The van der Waals surface area contributed by atoms with Crippen LogP contribution in [-0.4, -0.2) is 11.9 Å². The second-order valence-electron chi connectivity index (χ2n) is 1.06. The van der Waals surface area contributed by atoms with Crippen molar-refractivity contribution in [2.45, 2.75) is 6.92 Å². The minimum Gasteiger partial charge on any atom is -0.370 e. The Bertz CT molecular complexity index is 107. The molecule has 0 radical (unpaired) electrons. The fourth-order valence-electron chi connectivity index (χ4n) is 0.182. The SMILES string of the molecule is CC(=O)N=C(N)N.Cl. The smallest absolute Gasteiger partial charge is 0.245 e. The summed E-state index contributed by atoms with van der Waals surface area (Å²) in [5.41, 5.74) is 9.60. The van der Waals surface area contributed by atoms with Crippen LogP contribution in [0, 0.1) is 0 Å². The van der Waals surface area contributed by atoms with E-state index in [1.807, 2.05) is 0 Å². The lowest BCUT2D eigenvalue weighted by molar-refractivity contribution is -0.115. The number of nitrogens with zero attached hydrogens (tertiary/aromatic N) is 1. The van der Waals surface area contributed by atoms with Gasteiger partial charge in [0.15, 0.2) is 5.96 Å². The Hall–Kier alpha value is -0.770. The first kappa shape index (κ1) is 10.3. The number of hydrogen-bond donors (Lipinski definition) is 2. The number of carbonyl (C=O) groups excluding carboxylic acids is 1. The minimum absolute atomic E-state index is 0. The van der Waals surface area contributed by atoms with Crippen LogP contribution < -0.4 is 11.5 Å². The summed E-state index contributed by atoms with van der Waals surface area (Å²) in [5.74, 6) is -0.562. The molecule has 0 bridgehead atoms. The average Bonchev–Trinajstić information content (AvgIpc) is 1.27. The number of carbonyl (C=O) groups is 1. The van der Waals surface area contributed by atoms with E-state index < -0.39 is 0 Å². The summed E-state index contributed by atoms with van der Waals surface area (Å²) in [5, 5.41) is 0. The van der Waals surface area contributed by atoms with E-state index in [2.05, 4.69) is 4.99 Å². The molecule has 0 saturated heterocycles. The Morgan fingerprint density at radius 2 is 1.88 bits per heavy atom. The first-order valence-electron chi connectivity index (χ1n) is 1.73. The maximum absolute atomic E-state index is 9.91. The Balaban J connectivity index is 0. The summed E-state index contributed by atoms with van der Waals surface area (Å²) >= 11 is 0. The van der Waals surface area contributed by atoms with Gasteiger partial charge < -0.3 is 11.5 Å².